The van der Waals surface area contributed by atoms with Gasteiger partial charge in [0.25, 0.3) is 0 Å². The first-order chi connectivity index (χ1) is 7.27. The Labute approximate surface area is 90.6 Å². The maximum atomic E-state index is 11.7. The molecule has 1 amide bonds. The molecule has 4 heteroatoms. The Kier molecular flexibility index (Phi) is 3.59. The SMILES string of the molecule is O=C1NCCCC1N1CCCC(O)CC1. The van der Waals surface area contributed by atoms with E-state index in [2.05, 4.69) is 10.2 Å². The highest BCUT2D eigenvalue weighted by Crippen LogP contribution is 2.17. The summed E-state index contributed by atoms with van der Waals surface area (Å²) >= 11 is 0. The van der Waals surface area contributed by atoms with E-state index in [1.165, 1.54) is 0 Å². The summed E-state index contributed by atoms with van der Waals surface area (Å²) in [4.78, 5) is 13.9. The van der Waals surface area contributed by atoms with E-state index >= 15 is 0 Å². The number of hydrogen-bond acceptors (Lipinski definition) is 3. The van der Waals surface area contributed by atoms with E-state index < -0.39 is 0 Å². The van der Waals surface area contributed by atoms with Gasteiger partial charge >= 0.3 is 0 Å². The zero-order chi connectivity index (χ0) is 10.7. The standard InChI is InChI=1S/C11H20N2O2/c14-9-3-2-7-13(8-5-9)10-4-1-6-12-11(10)15/h9-10,14H,1-8H2,(H,12,15). The van der Waals surface area contributed by atoms with Crippen molar-refractivity contribution < 1.29 is 9.90 Å². The molecule has 0 aromatic rings. The number of rotatable bonds is 1. The van der Waals surface area contributed by atoms with Crippen molar-refractivity contribution in [3.63, 3.8) is 0 Å². The molecule has 2 atom stereocenters. The molecule has 2 N–H and O–H groups in total. The van der Waals surface area contributed by atoms with Crippen LogP contribution < -0.4 is 5.32 Å². The highest BCUT2D eigenvalue weighted by Gasteiger charge is 2.29. The molecule has 2 heterocycles. The highest BCUT2D eigenvalue weighted by molar-refractivity contribution is 5.82. The summed E-state index contributed by atoms with van der Waals surface area (Å²) in [6, 6.07) is 0.0593. The van der Waals surface area contributed by atoms with E-state index in [1.807, 2.05) is 0 Å². The van der Waals surface area contributed by atoms with E-state index in [9.17, 15) is 9.90 Å². The molecule has 0 saturated carbocycles. The van der Waals surface area contributed by atoms with Crippen LogP contribution in [0, 0.1) is 0 Å². The molecule has 0 aromatic carbocycles. The van der Waals surface area contributed by atoms with Crippen molar-refractivity contribution in [3.8, 4) is 0 Å². The average Bonchev–Trinajstić information content (AvgIpc) is 2.44. The van der Waals surface area contributed by atoms with Crippen LogP contribution in [0.25, 0.3) is 0 Å². The third kappa shape index (κ3) is 2.69. The van der Waals surface area contributed by atoms with Crippen molar-refractivity contribution in [3.05, 3.63) is 0 Å². The summed E-state index contributed by atoms with van der Waals surface area (Å²) in [5.41, 5.74) is 0. The van der Waals surface area contributed by atoms with Crippen molar-refractivity contribution in [2.24, 2.45) is 0 Å². The predicted octanol–water partition coefficient (Wildman–Crippen LogP) is 0.112. The maximum Gasteiger partial charge on any atom is 0.237 e. The molecule has 15 heavy (non-hydrogen) atoms. The molecule has 2 rings (SSSR count). The fourth-order valence-electron chi connectivity index (χ4n) is 2.52. The summed E-state index contributed by atoms with van der Waals surface area (Å²) in [6.07, 6.45) is 4.58. The summed E-state index contributed by atoms with van der Waals surface area (Å²) in [5.74, 6) is 0.178. The zero-order valence-electron chi connectivity index (χ0n) is 9.11. The fourth-order valence-corrected chi connectivity index (χ4v) is 2.52. The molecule has 2 unspecified atom stereocenters. The van der Waals surface area contributed by atoms with Crippen LogP contribution in [0.5, 0.6) is 0 Å². The van der Waals surface area contributed by atoms with Crippen LogP contribution in [0.4, 0.5) is 0 Å². The second-order valence-corrected chi connectivity index (χ2v) is 4.57. The van der Waals surface area contributed by atoms with Gasteiger partial charge in [-0.15, -0.1) is 0 Å². The normalized spacial score (nSPS) is 34.6. The summed E-state index contributed by atoms with van der Waals surface area (Å²) < 4.78 is 0. The van der Waals surface area contributed by atoms with Gasteiger partial charge in [-0.2, -0.15) is 0 Å². The molecule has 0 aromatic heterocycles. The maximum absolute atomic E-state index is 11.7. The van der Waals surface area contributed by atoms with Gasteiger partial charge in [-0.3, -0.25) is 9.69 Å². The second-order valence-electron chi connectivity index (χ2n) is 4.57. The number of nitrogens with one attached hydrogen (secondary N) is 1. The van der Waals surface area contributed by atoms with Crippen LogP contribution >= 0.6 is 0 Å². The molecular formula is C11H20N2O2. The van der Waals surface area contributed by atoms with Gasteiger partial charge in [-0.05, 0) is 38.6 Å². The largest absolute Gasteiger partial charge is 0.393 e. The van der Waals surface area contributed by atoms with Gasteiger partial charge in [0.1, 0.15) is 0 Å². The Morgan fingerprint density at radius 2 is 2.07 bits per heavy atom. The number of amides is 1. The molecule has 0 spiro atoms. The summed E-state index contributed by atoms with van der Waals surface area (Å²) in [5, 5.41) is 12.5. The van der Waals surface area contributed by atoms with Crippen molar-refractivity contribution in [2.45, 2.75) is 44.2 Å². The number of carbonyl (C=O) groups excluding carboxylic acids is 1. The first-order valence-electron chi connectivity index (χ1n) is 5.97. The number of nitrogens with zero attached hydrogens (tertiary/aromatic N) is 1. The quantitative estimate of drug-likeness (QED) is 0.649. The molecule has 2 fully saturated rings. The Balaban J connectivity index is 1.93. The highest BCUT2D eigenvalue weighted by atomic mass is 16.3. The van der Waals surface area contributed by atoms with E-state index in [0.717, 1.165) is 51.7 Å². The third-order valence-electron chi connectivity index (χ3n) is 3.43. The smallest absolute Gasteiger partial charge is 0.237 e. The van der Waals surface area contributed by atoms with Gasteiger partial charge in [0.05, 0.1) is 12.1 Å². The minimum Gasteiger partial charge on any atom is -0.393 e. The number of piperidine rings is 1. The Morgan fingerprint density at radius 1 is 1.20 bits per heavy atom. The van der Waals surface area contributed by atoms with Crippen molar-refractivity contribution in [1.82, 2.24) is 10.2 Å². The first-order valence-corrected chi connectivity index (χ1v) is 5.97. The van der Waals surface area contributed by atoms with Gasteiger partial charge in [-0.25, -0.2) is 0 Å². The molecular weight excluding hydrogens is 192 g/mol. The fraction of sp³-hybridized carbons (Fsp3) is 0.909. The zero-order valence-corrected chi connectivity index (χ0v) is 9.11. The van der Waals surface area contributed by atoms with Gasteiger partial charge in [-0.1, -0.05) is 0 Å². The van der Waals surface area contributed by atoms with E-state index in [0.29, 0.717) is 0 Å². The van der Waals surface area contributed by atoms with Crippen molar-refractivity contribution in [1.29, 1.82) is 0 Å². The minimum atomic E-state index is -0.165. The lowest BCUT2D eigenvalue weighted by Crippen LogP contribution is -2.50. The van der Waals surface area contributed by atoms with Crippen molar-refractivity contribution >= 4 is 5.91 Å². The predicted molar refractivity (Wildman–Crippen MR) is 57.5 cm³/mol. The molecule has 0 bridgehead atoms. The number of likely N-dealkylation sites (tertiary alicyclic amines) is 1. The lowest BCUT2D eigenvalue weighted by atomic mass is 10.0. The van der Waals surface area contributed by atoms with Gasteiger partial charge < -0.3 is 10.4 Å². The lowest BCUT2D eigenvalue weighted by Gasteiger charge is -2.32. The Hall–Kier alpha value is -0.610. The topological polar surface area (TPSA) is 52.6 Å². The van der Waals surface area contributed by atoms with Crippen LogP contribution in [-0.2, 0) is 4.79 Å². The van der Waals surface area contributed by atoms with Gasteiger partial charge in [0.15, 0.2) is 0 Å². The van der Waals surface area contributed by atoms with Crippen LogP contribution in [0.1, 0.15) is 32.1 Å². The average molecular weight is 212 g/mol. The molecule has 0 aliphatic carbocycles. The van der Waals surface area contributed by atoms with E-state index in [-0.39, 0.29) is 18.1 Å². The third-order valence-corrected chi connectivity index (χ3v) is 3.43. The monoisotopic (exact) mass is 212 g/mol. The first kappa shape index (κ1) is 10.9. The van der Waals surface area contributed by atoms with Crippen LogP contribution in [0.2, 0.25) is 0 Å². The van der Waals surface area contributed by atoms with Crippen molar-refractivity contribution in [2.75, 3.05) is 19.6 Å². The van der Waals surface area contributed by atoms with Crippen LogP contribution in [0.3, 0.4) is 0 Å². The molecule has 86 valence electrons. The molecule has 2 saturated heterocycles. The number of carbonyl (C=O) groups is 1. The summed E-state index contributed by atoms with van der Waals surface area (Å²) in [7, 11) is 0. The molecule has 0 radical (unpaired) electrons. The molecule has 2 aliphatic rings. The minimum absolute atomic E-state index is 0.0593. The Bertz CT molecular complexity index is 233. The second kappa shape index (κ2) is 4.94. The number of hydrogen-bond donors (Lipinski definition) is 2. The number of aliphatic hydroxyl groups excluding tert-OH is 1. The summed E-state index contributed by atoms with van der Waals surface area (Å²) in [6.45, 7) is 2.64. The Morgan fingerprint density at radius 3 is 2.87 bits per heavy atom. The van der Waals surface area contributed by atoms with E-state index in [4.69, 9.17) is 0 Å². The lowest BCUT2D eigenvalue weighted by molar-refractivity contribution is -0.128. The van der Waals surface area contributed by atoms with Crippen LogP contribution in [0.15, 0.2) is 0 Å². The van der Waals surface area contributed by atoms with Gasteiger partial charge in [0, 0.05) is 13.1 Å². The molecule has 2 aliphatic heterocycles. The number of aliphatic hydroxyl groups is 1. The molecule has 4 nitrogen and oxygen atoms in total. The van der Waals surface area contributed by atoms with Crippen LogP contribution in [-0.4, -0.2) is 47.7 Å². The van der Waals surface area contributed by atoms with E-state index in [1.54, 1.807) is 0 Å². The van der Waals surface area contributed by atoms with Gasteiger partial charge in [0.2, 0.25) is 5.91 Å².